The molecule has 2 aromatic heterocycles. The van der Waals surface area contributed by atoms with Gasteiger partial charge >= 0.3 is 0 Å². The summed E-state index contributed by atoms with van der Waals surface area (Å²) < 4.78 is 12.6. The number of amides is 1. The van der Waals surface area contributed by atoms with E-state index in [9.17, 15) is 4.79 Å². The molecule has 5 rings (SSSR count). The number of furan rings is 1. The van der Waals surface area contributed by atoms with Crippen molar-refractivity contribution in [2.75, 3.05) is 4.90 Å². The highest BCUT2D eigenvalue weighted by Crippen LogP contribution is 2.35. The molecule has 33 heavy (non-hydrogen) atoms. The van der Waals surface area contributed by atoms with E-state index in [1.165, 1.54) is 11.3 Å². The van der Waals surface area contributed by atoms with Gasteiger partial charge < -0.3 is 9.15 Å². The van der Waals surface area contributed by atoms with E-state index in [-0.39, 0.29) is 12.5 Å². The third-order valence-electron chi connectivity index (χ3n) is 5.36. The summed E-state index contributed by atoms with van der Waals surface area (Å²) in [6.07, 6.45) is 1.61. The van der Waals surface area contributed by atoms with Crippen LogP contribution in [-0.4, -0.2) is 10.9 Å². The molecule has 0 saturated carbocycles. The first kappa shape index (κ1) is 21.0. The Balaban J connectivity index is 1.52. The number of rotatable bonds is 6. The van der Waals surface area contributed by atoms with Crippen LogP contribution in [0, 0.1) is 13.8 Å². The lowest BCUT2D eigenvalue weighted by molar-refractivity contribution is 0.0983. The molecule has 5 aromatic rings. The highest BCUT2D eigenvalue weighted by atomic mass is 32.1. The van der Waals surface area contributed by atoms with Crippen molar-refractivity contribution in [3.63, 3.8) is 0 Å². The van der Waals surface area contributed by atoms with Gasteiger partial charge in [0.05, 0.1) is 23.0 Å². The van der Waals surface area contributed by atoms with Crippen molar-refractivity contribution >= 4 is 32.6 Å². The highest BCUT2D eigenvalue weighted by Gasteiger charge is 2.24. The standard InChI is InChI=1S/C27H22N2O3S/c1-18-13-14-19(2)25-24(18)28-27(33-25)29(17-23-12-7-15-31-23)26(30)20-8-6-11-22(16-20)32-21-9-4-3-5-10-21/h3-16H,17H2,1-2H3. The fourth-order valence-corrected chi connectivity index (χ4v) is 4.73. The largest absolute Gasteiger partial charge is 0.467 e. The van der Waals surface area contributed by atoms with E-state index in [1.807, 2.05) is 61.5 Å². The lowest BCUT2D eigenvalue weighted by Crippen LogP contribution is -2.30. The molecule has 2 heterocycles. The Kier molecular flexibility index (Phi) is 5.67. The normalized spacial score (nSPS) is 11.0. The maximum Gasteiger partial charge on any atom is 0.260 e. The number of ether oxygens (including phenoxy) is 1. The first-order chi connectivity index (χ1) is 16.1. The number of carbonyl (C=O) groups is 1. The Morgan fingerprint density at radius 3 is 2.48 bits per heavy atom. The molecule has 0 radical (unpaired) electrons. The summed E-state index contributed by atoms with van der Waals surface area (Å²) in [5, 5.41) is 0.637. The summed E-state index contributed by atoms with van der Waals surface area (Å²) in [5.74, 6) is 1.83. The summed E-state index contributed by atoms with van der Waals surface area (Å²) >= 11 is 1.52. The van der Waals surface area contributed by atoms with Crippen LogP contribution in [0.3, 0.4) is 0 Å². The van der Waals surface area contributed by atoms with Crippen molar-refractivity contribution < 1.29 is 13.9 Å². The zero-order chi connectivity index (χ0) is 22.8. The van der Waals surface area contributed by atoms with Gasteiger partial charge in [-0.25, -0.2) is 4.98 Å². The quantitative estimate of drug-likeness (QED) is 0.273. The summed E-state index contributed by atoms with van der Waals surface area (Å²) in [5.41, 5.74) is 3.67. The maximum absolute atomic E-state index is 13.7. The van der Waals surface area contributed by atoms with Gasteiger partial charge in [0, 0.05) is 5.56 Å². The van der Waals surface area contributed by atoms with Crippen molar-refractivity contribution in [3.05, 3.63) is 108 Å². The van der Waals surface area contributed by atoms with Gasteiger partial charge in [-0.2, -0.15) is 0 Å². The lowest BCUT2D eigenvalue weighted by atomic mass is 10.1. The van der Waals surface area contributed by atoms with Gasteiger partial charge in [-0.3, -0.25) is 9.69 Å². The van der Waals surface area contributed by atoms with Crippen molar-refractivity contribution in [3.8, 4) is 11.5 Å². The predicted molar refractivity (Wildman–Crippen MR) is 131 cm³/mol. The van der Waals surface area contributed by atoms with Crippen LogP contribution < -0.4 is 9.64 Å². The van der Waals surface area contributed by atoms with Gasteiger partial charge in [0.15, 0.2) is 5.13 Å². The van der Waals surface area contributed by atoms with E-state index < -0.39 is 0 Å². The summed E-state index contributed by atoms with van der Waals surface area (Å²) in [4.78, 5) is 20.2. The Morgan fingerprint density at radius 2 is 1.73 bits per heavy atom. The molecular formula is C27H22N2O3S. The third-order valence-corrected chi connectivity index (χ3v) is 6.57. The van der Waals surface area contributed by atoms with E-state index >= 15 is 0 Å². The molecule has 0 saturated heterocycles. The molecule has 0 fully saturated rings. The molecule has 0 N–H and O–H groups in total. The van der Waals surface area contributed by atoms with Crippen molar-refractivity contribution in [1.29, 1.82) is 0 Å². The second-order valence-electron chi connectivity index (χ2n) is 7.79. The van der Waals surface area contributed by atoms with Gasteiger partial charge in [-0.15, -0.1) is 0 Å². The van der Waals surface area contributed by atoms with Crippen LogP contribution in [0.25, 0.3) is 10.2 Å². The first-order valence-electron chi connectivity index (χ1n) is 10.6. The second-order valence-corrected chi connectivity index (χ2v) is 8.76. The molecular weight excluding hydrogens is 432 g/mol. The third kappa shape index (κ3) is 4.38. The number of aryl methyl sites for hydroxylation is 2. The van der Waals surface area contributed by atoms with Gasteiger partial charge in [0.25, 0.3) is 5.91 Å². The summed E-state index contributed by atoms with van der Waals surface area (Å²) in [7, 11) is 0. The Bertz CT molecular complexity index is 1370. The minimum absolute atomic E-state index is 0.167. The Labute approximate surface area is 195 Å². The molecule has 164 valence electrons. The molecule has 0 atom stereocenters. The van der Waals surface area contributed by atoms with Crippen LogP contribution in [0.4, 0.5) is 5.13 Å². The lowest BCUT2D eigenvalue weighted by Gasteiger charge is -2.19. The Hall–Kier alpha value is -3.90. The Morgan fingerprint density at radius 1 is 0.939 bits per heavy atom. The number of aromatic nitrogens is 1. The van der Waals surface area contributed by atoms with E-state index in [4.69, 9.17) is 14.1 Å². The summed E-state index contributed by atoms with van der Waals surface area (Å²) in [6, 6.07) is 24.5. The van der Waals surface area contributed by atoms with Gasteiger partial charge in [-0.05, 0) is 67.4 Å². The summed E-state index contributed by atoms with van der Waals surface area (Å²) in [6.45, 7) is 4.38. The van der Waals surface area contributed by atoms with Crippen LogP contribution in [0.2, 0.25) is 0 Å². The van der Waals surface area contributed by atoms with Crippen LogP contribution in [0.15, 0.2) is 89.5 Å². The zero-order valence-electron chi connectivity index (χ0n) is 18.3. The smallest absolute Gasteiger partial charge is 0.260 e. The fraction of sp³-hybridized carbons (Fsp3) is 0.111. The zero-order valence-corrected chi connectivity index (χ0v) is 19.1. The minimum Gasteiger partial charge on any atom is -0.467 e. The van der Waals surface area contributed by atoms with Crippen LogP contribution in [0.1, 0.15) is 27.2 Å². The second kappa shape index (κ2) is 8.92. The minimum atomic E-state index is -0.167. The molecule has 3 aromatic carbocycles. The highest BCUT2D eigenvalue weighted by molar-refractivity contribution is 7.22. The molecule has 5 nitrogen and oxygen atoms in total. The molecule has 0 bridgehead atoms. The average Bonchev–Trinajstić information content (AvgIpc) is 3.51. The monoisotopic (exact) mass is 454 g/mol. The van der Waals surface area contributed by atoms with Crippen molar-refractivity contribution in [1.82, 2.24) is 4.98 Å². The number of carbonyl (C=O) groups excluding carboxylic acids is 1. The van der Waals surface area contributed by atoms with Crippen LogP contribution >= 0.6 is 11.3 Å². The number of fused-ring (bicyclic) bond motifs is 1. The number of nitrogens with zero attached hydrogens (tertiary/aromatic N) is 2. The number of hydrogen-bond donors (Lipinski definition) is 0. The van der Waals surface area contributed by atoms with E-state index in [1.54, 1.807) is 23.3 Å². The van der Waals surface area contributed by atoms with E-state index in [2.05, 4.69) is 19.1 Å². The fourth-order valence-electron chi connectivity index (χ4n) is 3.62. The maximum atomic E-state index is 13.7. The van der Waals surface area contributed by atoms with Crippen molar-refractivity contribution in [2.45, 2.75) is 20.4 Å². The number of hydrogen-bond acceptors (Lipinski definition) is 5. The number of thiazole rings is 1. The molecule has 0 unspecified atom stereocenters. The molecule has 0 aliphatic carbocycles. The van der Waals surface area contributed by atoms with Gasteiger partial charge in [0.1, 0.15) is 17.3 Å². The molecule has 6 heteroatoms. The van der Waals surface area contributed by atoms with E-state index in [0.717, 1.165) is 21.3 Å². The van der Waals surface area contributed by atoms with E-state index in [0.29, 0.717) is 28.0 Å². The average molecular weight is 455 g/mol. The SMILES string of the molecule is Cc1ccc(C)c2sc(N(Cc3ccco3)C(=O)c3cccc(Oc4ccccc4)c3)nc12. The van der Waals surface area contributed by atoms with Gasteiger partial charge in [0.2, 0.25) is 0 Å². The molecule has 0 aliphatic heterocycles. The molecule has 0 aliphatic rings. The predicted octanol–water partition coefficient (Wildman–Crippen LogP) is 7.15. The van der Waals surface area contributed by atoms with Crippen LogP contribution in [0.5, 0.6) is 11.5 Å². The topological polar surface area (TPSA) is 55.6 Å². The van der Waals surface area contributed by atoms with Gasteiger partial charge in [-0.1, -0.05) is 47.7 Å². The molecule has 1 amide bonds. The first-order valence-corrected chi connectivity index (χ1v) is 11.4. The number of para-hydroxylation sites is 1. The van der Waals surface area contributed by atoms with Crippen LogP contribution in [-0.2, 0) is 6.54 Å². The van der Waals surface area contributed by atoms with Crippen molar-refractivity contribution in [2.24, 2.45) is 0 Å². The number of anilines is 1. The number of benzene rings is 3. The molecule has 0 spiro atoms.